The van der Waals surface area contributed by atoms with Gasteiger partial charge in [-0.15, -0.1) is 12.4 Å². The summed E-state index contributed by atoms with van der Waals surface area (Å²) in [5, 5.41) is 8.14. The number of aromatic nitrogens is 2. The third kappa shape index (κ3) is 4.64. The monoisotopic (exact) mass is 439 g/mol. The number of benzene rings is 2. The highest BCUT2D eigenvalue weighted by Gasteiger charge is 2.20. The zero-order valence-electron chi connectivity index (χ0n) is 14.7. The summed E-state index contributed by atoms with van der Waals surface area (Å²) in [6.07, 6.45) is 1.42. The van der Waals surface area contributed by atoms with Crippen molar-refractivity contribution in [3.05, 3.63) is 48.0 Å². The van der Waals surface area contributed by atoms with E-state index in [0.717, 1.165) is 16.7 Å². The van der Waals surface area contributed by atoms with Gasteiger partial charge in [-0.25, -0.2) is 13.4 Å². The third-order valence-corrected chi connectivity index (χ3v) is 5.83. The second-order valence-corrected chi connectivity index (χ2v) is 8.77. The molecule has 0 saturated carbocycles. The lowest BCUT2D eigenvalue weighted by molar-refractivity contribution is -0.106. The summed E-state index contributed by atoms with van der Waals surface area (Å²) < 4.78 is 24.0. The molecule has 2 aromatic carbocycles. The van der Waals surface area contributed by atoms with Crippen molar-refractivity contribution >= 4 is 63.1 Å². The van der Waals surface area contributed by atoms with E-state index in [2.05, 4.69) is 9.97 Å². The van der Waals surface area contributed by atoms with E-state index in [1.807, 2.05) is 30.3 Å². The molecular formula is C17H18ClN5O3S2. The van der Waals surface area contributed by atoms with Crippen molar-refractivity contribution in [2.24, 2.45) is 5.73 Å². The van der Waals surface area contributed by atoms with Crippen LogP contribution in [0.25, 0.3) is 11.0 Å². The Bertz CT molecular complexity index is 1120. The predicted octanol–water partition coefficient (Wildman–Crippen LogP) is 2.54. The molecule has 28 heavy (non-hydrogen) atoms. The molecule has 0 fully saturated rings. The van der Waals surface area contributed by atoms with Crippen LogP contribution in [-0.2, 0) is 20.4 Å². The molecule has 1 amide bonds. The molecule has 148 valence electrons. The van der Waals surface area contributed by atoms with Crippen molar-refractivity contribution in [2.45, 2.75) is 15.8 Å². The van der Waals surface area contributed by atoms with E-state index in [1.54, 1.807) is 0 Å². The van der Waals surface area contributed by atoms with Gasteiger partial charge in [-0.05, 0) is 17.7 Å². The van der Waals surface area contributed by atoms with Crippen LogP contribution < -0.4 is 10.6 Å². The fraction of sp³-hybridized carbons (Fsp3) is 0.118. The van der Waals surface area contributed by atoms with E-state index in [1.165, 1.54) is 23.9 Å². The van der Waals surface area contributed by atoms with Gasteiger partial charge in [-0.1, -0.05) is 42.1 Å². The Morgan fingerprint density at radius 2 is 2.00 bits per heavy atom. The molecule has 3 rings (SSSR count). The number of nitrogens with zero attached hydrogens (tertiary/aromatic N) is 2. The standard InChI is InChI=1S/C17H17N5O3S2.ClH/c1-27(24,25)12-7-13-15(14(8-12)22(10-23)16(18)19)21-17(20-13)26-9-11-5-3-2-4-6-11;/h2-8,10H,9H2,1H3,(H3,18,19)(H,20,21);1H. The molecule has 8 nitrogen and oxygen atoms in total. The number of rotatable bonds is 6. The number of imidazole rings is 1. The molecule has 0 atom stereocenters. The molecular weight excluding hydrogens is 422 g/mol. The van der Waals surface area contributed by atoms with Crippen molar-refractivity contribution in [1.82, 2.24) is 9.97 Å². The average Bonchev–Trinajstić information content (AvgIpc) is 3.03. The number of guanidine groups is 1. The van der Waals surface area contributed by atoms with Crippen LogP contribution in [0.4, 0.5) is 5.69 Å². The zero-order valence-corrected chi connectivity index (χ0v) is 17.2. The maximum atomic E-state index is 12.0. The summed E-state index contributed by atoms with van der Waals surface area (Å²) in [5.74, 6) is 0.136. The summed E-state index contributed by atoms with van der Waals surface area (Å²) in [4.78, 5) is 19.8. The SMILES string of the molecule is CS(=O)(=O)c1cc(N(C=O)C(=N)N)c2nc(SCc3ccccc3)[nH]c2c1.Cl. The van der Waals surface area contributed by atoms with E-state index in [4.69, 9.17) is 11.1 Å². The van der Waals surface area contributed by atoms with Gasteiger partial charge < -0.3 is 10.7 Å². The number of H-pyrrole nitrogens is 1. The highest BCUT2D eigenvalue weighted by molar-refractivity contribution is 7.98. The first-order valence-corrected chi connectivity index (χ1v) is 10.7. The van der Waals surface area contributed by atoms with Crippen LogP contribution in [0.5, 0.6) is 0 Å². The lowest BCUT2D eigenvalue weighted by Crippen LogP contribution is -2.35. The Morgan fingerprint density at radius 1 is 1.32 bits per heavy atom. The fourth-order valence-electron chi connectivity index (χ4n) is 2.49. The van der Waals surface area contributed by atoms with Gasteiger partial charge in [-0.3, -0.25) is 15.1 Å². The summed E-state index contributed by atoms with van der Waals surface area (Å²) in [6, 6.07) is 12.6. The van der Waals surface area contributed by atoms with Gasteiger partial charge in [0.15, 0.2) is 21.0 Å². The molecule has 0 unspecified atom stereocenters. The van der Waals surface area contributed by atoms with Crippen LogP contribution >= 0.6 is 24.2 Å². The van der Waals surface area contributed by atoms with Crippen LogP contribution in [0.1, 0.15) is 5.56 Å². The molecule has 0 aliphatic rings. The Labute approximate surface area is 172 Å². The van der Waals surface area contributed by atoms with Gasteiger partial charge in [0.05, 0.1) is 16.1 Å². The maximum Gasteiger partial charge on any atom is 0.221 e. The number of thioether (sulfide) groups is 1. The van der Waals surface area contributed by atoms with Crippen LogP contribution in [0, 0.1) is 5.41 Å². The molecule has 0 spiro atoms. The van der Waals surface area contributed by atoms with Gasteiger partial charge >= 0.3 is 0 Å². The first-order valence-electron chi connectivity index (χ1n) is 7.78. The Kier molecular flexibility index (Phi) is 6.70. The topological polar surface area (TPSA) is 133 Å². The van der Waals surface area contributed by atoms with Crippen LogP contribution in [0.15, 0.2) is 52.5 Å². The predicted molar refractivity (Wildman–Crippen MR) is 113 cm³/mol. The number of anilines is 1. The third-order valence-electron chi connectivity index (χ3n) is 3.79. The summed E-state index contributed by atoms with van der Waals surface area (Å²) in [5.41, 5.74) is 7.51. The molecule has 11 heteroatoms. The maximum absolute atomic E-state index is 12.0. The highest BCUT2D eigenvalue weighted by Crippen LogP contribution is 2.31. The van der Waals surface area contributed by atoms with E-state index in [-0.39, 0.29) is 23.0 Å². The van der Waals surface area contributed by atoms with Crippen LogP contribution in [0.3, 0.4) is 0 Å². The zero-order chi connectivity index (χ0) is 19.6. The number of sulfone groups is 1. The van der Waals surface area contributed by atoms with Gasteiger partial charge in [0.1, 0.15) is 5.52 Å². The first-order chi connectivity index (χ1) is 12.8. The average molecular weight is 440 g/mol. The molecule has 0 saturated heterocycles. The molecule has 0 bridgehead atoms. The lowest BCUT2D eigenvalue weighted by atomic mass is 10.2. The Hall–Kier alpha value is -2.56. The second-order valence-electron chi connectivity index (χ2n) is 5.79. The number of halogens is 1. The Morgan fingerprint density at radius 3 is 2.57 bits per heavy atom. The lowest BCUT2D eigenvalue weighted by Gasteiger charge is -2.16. The van der Waals surface area contributed by atoms with Gasteiger partial charge in [-0.2, -0.15) is 0 Å². The smallest absolute Gasteiger partial charge is 0.221 e. The molecule has 3 aromatic rings. The number of fused-ring (bicyclic) bond motifs is 1. The van der Waals surface area contributed by atoms with E-state index in [0.29, 0.717) is 28.4 Å². The fourth-order valence-corrected chi connectivity index (χ4v) is 3.98. The van der Waals surface area contributed by atoms with Crippen molar-refractivity contribution < 1.29 is 13.2 Å². The number of amides is 1. The molecule has 0 aliphatic heterocycles. The minimum absolute atomic E-state index is 0. The van der Waals surface area contributed by atoms with Crippen LogP contribution in [-0.4, -0.2) is 37.0 Å². The Balaban J connectivity index is 0.00000280. The second kappa shape index (κ2) is 8.63. The molecule has 0 radical (unpaired) electrons. The van der Waals surface area contributed by atoms with Gasteiger partial charge in [0.25, 0.3) is 0 Å². The minimum Gasteiger partial charge on any atom is -0.369 e. The number of carbonyl (C=O) groups excluding carboxylic acids is 1. The number of carbonyl (C=O) groups is 1. The number of hydrogen-bond acceptors (Lipinski definition) is 6. The molecule has 1 aromatic heterocycles. The quantitative estimate of drug-likeness (QED) is 0.234. The van der Waals surface area contributed by atoms with Crippen molar-refractivity contribution in [3.63, 3.8) is 0 Å². The minimum atomic E-state index is -3.54. The summed E-state index contributed by atoms with van der Waals surface area (Å²) in [6.45, 7) is 0. The van der Waals surface area contributed by atoms with Crippen molar-refractivity contribution in [3.8, 4) is 0 Å². The number of hydrogen-bond donors (Lipinski definition) is 3. The normalized spacial score (nSPS) is 11.0. The van der Waals surface area contributed by atoms with E-state index >= 15 is 0 Å². The summed E-state index contributed by atoms with van der Waals surface area (Å²) >= 11 is 1.44. The number of nitrogens with two attached hydrogens (primary N) is 1. The number of aromatic amines is 1. The van der Waals surface area contributed by atoms with Crippen molar-refractivity contribution in [2.75, 3.05) is 11.2 Å². The van der Waals surface area contributed by atoms with Crippen LogP contribution in [0.2, 0.25) is 0 Å². The van der Waals surface area contributed by atoms with E-state index in [9.17, 15) is 13.2 Å². The molecule has 4 N–H and O–H groups in total. The molecule has 1 heterocycles. The van der Waals surface area contributed by atoms with E-state index < -0.39 is 15.8 Å². The highest BCUT2D eigenvalue weighted by atomic mass is 35.5. The number of nitrogens with one attached hydrogen (secondary N) is 2. The summed E-state index contributed by atoms with van der Waals surface area (Å²) in [7, 11) is -3.54. The molecule has 0 aliphatic carbocycles. The first kappa shape index (κ1) is 21.7. The van der Waals surface area contributed by atoms with Gasteiger partial charge in [0, 0.05) is 12.0 Å². The van der Waals surface area contributed by atoms with Gasteiger partial charge in [0.2, 0.25) is 6.41 Å². The largest absolute Gasteiger partial charge is 0.369 e. The van der Waals surface area contributed by atoms with Crippen molar-refractivity contribution in [1.29, 1.82) is 5.41 Å².